The van der Waals surface area contributed by atoms with E-state index >= 15 is 0 Å². The summed E-state index contributed by atoms with van der Waals surface area (Å²) in [6.45, 7) is -3.29. The molecule has 170 valence electrons. The summed E-state index contributed by atoms with van der Waals surface area (Å²) in [6, 6.07) is 1.10. The predicted octanol–water partition coefficient (Wildman–Crippen LogP) is 1.18. The van der Waals surface area contributed by atoms with Crippen LogP contribution in [-0.4, -0.2) is 60.2 Å². The lowest BCUT2D eigenvalue weighted by Gasteiger charge is -2.21. The highest BCUT2D eigenvalue weighted by atomic mass is 16.2. The van der Waals surface area contributed by atoms with Gasteiger partial charge in [-0.15, -0.1) is 0 Å². The van der Waals surface area contributed by atoms with Gasteiger partial charge in [-0.3, -0.25) is 14.3 Å². The second-order valence-electron chi connectivity index (χ2n) is 8.50. The number of imidazole rings is 1. The average Bonchev–Trinajstić information content (AvgIpc) is 3.15. The zero-order chi connectivity index (χ0) is 27.6. The minimum absolute atomic E-state index is 0.0329. The van der Waals surface area contributed by atoms with Gasteiger partial charge in [-0.25, -0.2) is 9.50 Å². The molecule has 3 N–H and O–H groups in total. The summed E-state index contributed by atoms with van der Waals surface area (Å²) in [5, 5.41) is 20.9. The molecular formula is C22H25N9O2. The van der Waals surface area contributed by atoms with Gasteiger partial charge < -0.3 is 16.0 Å². The number of anilines is 1. The Kier molecular flexibility index (Phi) is 3.63. The SMILES string of the molecule is [2H]C([2H])([2H])C([2H])([2H])[C@H]1CN(C(=O)C2(C#N)CC2)C[C@H]1Nc1c(C(N)=O)cnn2cc(-c3cnn(C)c3)nc12. The number of nitrogens with two attached hydrogens (primary N) is 1. The van der Waals surface area contributed by atoms with Crippen molar-refractivity contribution in [2.24, 2.45) is 24.1 Å². The molecule has 2 amide bonds. The van der Waals surface area contributed by atoms with Crippen LogP contribution in [-0.2, 0) is 11.8 Å². The zero-order valence-electron chi connectivity index (χ0n) is 22.8. The molecule has 0 bridgehead atoms. The number of fused-ring (bicyclic) bond motifs is 1. The highest BCUT2D eigenvalue weighted by Gasteiger charge is 2.54. The van der Waals surface area contributed by atoms with E-state index in [-0.39, 0.29) is 30.0 Å². The summed E-state index contributed by atoms with van der Waals surface area (Å²) in [6.07, 6.45) is 4.31. The molecule has 11 heteroatoms. The first-order chi connectivity index (χ1) is 17.8. The maximum atomic E-state index is 13.1. The smallest absolute Gasteiger partial charge is 0.252 e. The van der Waals surface area contributed by atoms with Gasteiger partial charge in [0.1, 0.15) is 5.41 Å². The molecule has 11 nitrogen and oxygen atoms in total. The first kappa shape index (κ1) is 15.8. The van der Waals surface area contributed by atoms with Gasteiger partial charge in [-0.1, -0.05) is 6.85 Å². The monoisotopic (exact) mass is 452 g/mol. The Morgan fingerprint density at radius 2 is 2.18 bits per heavy atom. The molecule has 1 saturated heterocycles. The molecule has 2 aliphatic rings. The van der Waals surface area contributed by atoms with E-state index < -0.39 is 42.4 Å². The van der Waals surface area contributed by atoms with E-state index in [2.05, 4.69) is 20.5 Å². The molecule has 4 heterocycles. The summed E-state index contributed by atoms with van der Waals surface area (Å²) >= 11 is 0. The Morgan fingerprint density at radius 1 is 1.36 bits per heavy atom. The number of amides is 2. The van der Waals surface area contributed by atoms with Gasteiger partial charge >= 0.3 is 0 Å². The Labute approximate surface area is 197 Å². The van der Waals surface area contributed by atoms with Crippen molar-refractivity contribution in [3.63, 3.8) is 0 Å². The number of aryl methyl sites for hydroxylation is 1. The highest BCUT2D eigenvalue weighted by molar-refractivity contribution is 6.01. The Morgan fingerprint density at radius 3 is 2.82 bits per heavy atom. The third-order valence-electron chi connectivity index (χ3n) is 6.25. The second-order valence-corrected chi connectivity index (χ2v) is 8.50. The molecule has 33 heavy (non-hydrogen) atoms. The number of carbonyl (C=O) groups excluding carboxylic acids is 2. The number of aromatic nitrogens is 5. The van der Waals surface area contributed by atoms with Crippen LogP contribution in [0.4, 0.5) is 5.69 Å². The Hall–Kier alpha value is -3.94. The van der Waals surface area contributed by atoms with Crippen LogP contribution in [0.2, 0.25) is 0 Å². The first-order valence-electron chi connectivity index (χ1n) is 12.9. The molecule has 2 fully saturated rings. The number of carbonyl (C=O) groups is 2. The first-order valence-corrected chi connectivity index (χ1v) is 10.4. The van der Waals surface area contributed by atoms with E-state index in [0.29, 0.717) is 24.1 Å². The molecule has 1 aliphatic heterocycles. The molecule has 0 radical (unpaired) electrons. The number of rotatable bonds is 6. The van der Waals surface area contributed by atoms with Crippen LogP contribution in [0.15, 0.2) is 24.8 Å². The molecule has 0 spiro atoms. The fourth-order valence-electron chi connectivity index (χ4n) is 4.20. The number of primary amides is 1. The van der Waals surface area contributed by atoms with Crippen LogP contribution in [0.25, 0.3) is 16.9 Å². The minimum atomic E-state index is -3.00. The van der Waals surface area contributed by atoms with Crippen molar-refractivity contribution in [3.05, 3.63) is 30.4 Å². The van der Waals surface area contributed by atoms with Crippen LogP contribution in [0.1, 0.15) is 43.3 Å². The van der Waals surface area contributed by atoms with Crippen LogP contribution in [0, 0.1) is 22.7 Å². The van der Waals surface area contributed by atoms with E-state index in [1.165, 1.54) is 15.6 Å². The number of nitrogens with one attached hydrogen (secondary N) is 1. The van der Waals surface area contributed by atoms with Gasteiger partial charge in [-0.2, -0.15) is 15.5 Å². The molecule has 0 aromatic carbocycles. The predicted molar refractivity (Wildman–Crippen MR) is 119 cm³/mol. The van der Waals surface area contributed by atoms with Crippen molar-refractivity contribution < 1.29 is 16.4 Å². The van der Waals surface area contributed by atoms with Crippen molar-refractivity contribution in [2.75, 3.05) is 18.4 Å². The molecule has 0 unspecified atom stereocenters. The van der Waals surface area contributed by atoms with Crippen LogP contribution >= 0.6 is 0 Å². The largest absolute Gasteiger partial charge is 0.376 e. The van der Waals surface area contributed by atoms with Gasteiger partial charge in [0, 0.05) is 44.8 Å². The van der Waals surface area contributed by atoms with E-state index in [4.69, 9.17) is 12.6 Å². The topological polar surface area (TPSA) is 147 Å². The van der Waals surface area contributed by atoms with E-state index in [9.17, 15) is 14.9 Å². The maximum absolute atomic E-state index is 13.1. The molecule has 1 aliphatic carbocycles. The zero-order valence-corrected chi connectivity index (χ0v) is 17.8. The van der Waals surface area contributed by atoms with E-state index in [1.807, 2.05) is 6.07 Å². The fraction of sp³-hybridized carbons (Fsp3) is 0.455. The molecule has 3 aromatic heterocycles. The fourth-order valence-corrected chi connectivity index (χ4v) is 4.20. The van der Waals surface area contributed by atoms with E-state index in [1.54, 1.807) is 30.3 Å². The van der Waals surface area contributed by atoms with E-state index in [0.717, 1.165) is 0 Å². The van der Waals surface area contributed by atoms with Gasteiger partial charge in [0.05, 0.1) is 41.6 Å². The van der Waals surface area contributed by atoms with Crippen molar-refractivity contribution in [1.82, 2.24) is 29.3 Å². The van der Waals surface area contributed by atoms with Crippen molar-refractivity contribution in [1.29, 1.82) is 5.26 Å². The number of nitriles is 1. The minimum Gasteiger partial charge on any atom is -0.376 e. The van der Waals surface area contributed by atoms with Crippen molar-refractivity contribution >= 4 is 23.1 Å². The lowest BCUT2D eigenvalue weighted by atomic mass is 10.0. The molecule has 3 aromatic rings. The standard InChI is InChI=1S/C22H25N9O2/c1-3-13-9-30(21(33)22(12-23)4-5-22)10-16(13)27-18-15(19(24)32)7-26-31-11-17(28-20(18)31)14-6-25-29(2)8-14/h6-8,11,13,16,27H,3-5,9-10H2,1-2H3,(H2,24,32)/t13-,16+/m0/s1/i1D3,3D2. The summed E-state index contributed by atoms with van der Waals surface area (Å²) < 4.78 is 43.4. The number of hydrogen-bond acceptors (Lipinski definition) is 7. The normalized spacial score (nSPS) is 24.2. The summed E-state index contributed by atoms with van der Waals surface area (Å²) in [5.41, 5.74) is 5.95. The van der Waals surface area contributed by atoms with Gasteiger partial charge in [-0.05, 0) is 25.1 Å². The number of likely N-dealkylation sites (tertiary alicyclic amines) is 1. The second kappa shape index (κ2) is 7.58. The van der Waals surface area contributed by atoms with Gasteiger partial charge in [0.2, 0.25) is 5.91 Å². The third kappa shape index (κ3) is 3.47. The lowest BCUT2D eigenvalue weighted by Crippen LogP contribution is -2.36. The van der Waals surface area contributed by atoms with Crippen LogP contribution < -0.4 is 11.1 Å². The molecule has 5 rings (SSSR count). The average molecular weight is 453 g/mol. The maximum Gasteiger partial charge on any atom is 0.252 e. The summed E-state index contributed by atoms with van der Waals surface area (Å²) in [4.78, 5) is 31.4. The van der Waals surface area contributed by atoms with Gasteiger partial charge in [0.15, 0.2) is 5.65 Å². The molecule has 2 atom stereocenters. The molecule has 1 saturated carbocycles. The van der Waals surface area contributed by atoms with Crippen molar-refractivity contribution in [2.45, 2.75) is 32.1 Å². The lowest BCUT2D eigenvalue weighted by molar-refractivity contribution is -0.134. The Bertz CT molecular complexity index is 1480. The summed E-state index contributed by atoms with van der Waals surface area (Å²) in [7, 11) is 1.75. The van der Waals surface area contributed by atoms with Gasteiger partial charge in [0.25, 0.3) is 5.91 Å². The summed E-state index contributed by atoms with van der Waals surface area (Å²) in [5.74, 6) is -2.48. The third-order valence-corrected chi connectivity index (χ3v) is 6.25. The number of nitrogens with zero attached hydrogens (tertiary/aromatic N) is 7. The quantitative estimate of drug-likeness (QED) is 0.571. The Balaban J connectivity index is 1.57. The highest BCUT2D eigenvalue weighted by Crippen LogP contribution is 2.47. The van der Waals surface area contributed by atoms with Crippen molar-refractivity contribution in [3.8, 4) is 17.3 Å². The number of hydrogen-bond donors (Lipinski definition) is 2. The molecular weight excluding hydrogens is 422 g/mol. The van der Waals surface area contributed by atoms with Crippen LogP contribution in [0.5, 0.6) is 0 Å². The van der Waals surface area contributed by atoms with Crippen LogP contribution in [0.3, 0.4) is 0 Å².